The number of carbonyl (C=O) groups excluding carboxylic acids is 1. The lowest BCUT2D eigenvalue weighted by molar-refractivity contribution is 0.0830. The van der Waals surface area contributed by atoms with Gasteiger partial charge in [-0.25, -0.2) is 0 Å². The quantitative estimate of drug-likeness (QED) is 0.853. The van der Waals surface area contributed by atoms with Crippen LogP contribution in [-0.4, -0.2) is 17.2 Å². The van der Waals surface area contributed by atoms with Crippen molar-refractivity contribution in [3.05, 3.63) is 35.4 Å². The first-order valence-electron chi connectivity index (χ1n) is 4.87. The molecule has 1 unspecified atom stereocenters. The Morgan fingerprint density at radius 2 is 2.31 bits per heavy atom. The van der Waals surface area contributed by atoms with Crippen molar-refractivity contribution in [2.45, 2.75) is 12.5 Å². The van der Waals surface area contributed by atoms with Crippen LogP contribution in [0.15, 0.2) is 29.4 Å². The van der Waals surface area contributed by atoms with Gasteiger partial charge in [0.05, 0.1) is 0 Å². The third-order valence-corrected chi connectivity index (χ3v) is 3.16. The minimum atomic E-state index is -0.434. The van der Waals surface area contributed by atoms with E-state index in [2.05, 4.69) is 5.16 Å². The van der Waals surface area contributed by atoms with Gasteiger partial charge in [0.25, 0.3) is 0 Å². The van der Waals surface area contributed by atoms with Crippen LogP contribution in [0.5, 0.6) is 0 Å². The van der Waals surface area contributed by atoms with E-state index in [0.717, 1.165) is 10.6 Å². The minimum absolute atomic E-state index is 0.189. The van der Waals surface area contributed by atoms with Gasteiger partial charge in [-0.1, -0.05) is 23.4 Å². The zero-order chi connectivity index (χ0) is 11.5. The largest absolute Gasteiger partial charge is 0.386 e. The zero-order valence-corrected chi connectivity index (χ0v) is 9.66. The number of benzene rings is 1. The Bertz CT molecular complexity index is 445. The van der Waals surface area contributed by atoms with Crippen LogP contribution in [0.3, 0.4) is 0 Å². The van der Waals surface area contributed by atoms with Gasteiger partial charge < -0.3 is 10.6 Å². The Morgan fingerprint density at radius 3 is 2.94 bits per heavy atom. The number of nitrogens with zero attached hydrogens (tertiary/aromatic N) is 1. The van der Waals surface area contributed by atoms with Crippen LogP contribution >= 0.6 is 11.8 Å². The fourth-order valence-corrected chi connectivity index (χ4v) is 2.08. The molecule has 0 radical (unpaired) electrons. The molecule has 4 nitrogen and oxygen atoms in total. The number of thioether (sulfide) groups is 1. The number of hydrogen-bond acceptors (Lipinski definition) is 4. The van der Waals surface area contributed by atoms with Crippen LogP contribution < -0.4 is 5.73 Å². The van der Waals surface area contributed by atoms with Crippen molar-refractivity contribution in [1.82, 2.24) is 0 Å². The molecule has 1 aromatic carbocycles. The van der Waals surface area contributed by atoms with Gasteiger partial charge in [0, 0.05) is 17.5 Å². The average molecular weight is 236 g/mol. The lowest BCUT2D eigenvalue weighted by Crippen LogP contribution is -2.15. The smallest absolute Gasteiger partial charge is 0.249 e. The van der Waals surface area contributed by atoms with Crippen LogP contribution in [0, 0.1) is 0 Å². The van der Waals surface area contributed by atoms with Crippen molar-refractivity contribution in [1.29, 1.82) is 0 Å². The van der Waals surface area contributed by atoms with Crippen LogP contribution in [0.4, 0.5) is 0 Å². The average Bonchev–Trinajstić information content (AvgIpc) is 2.77. The molecule has 1 heterocycles. The van der Waals surface area contributed by atoms with Gasteiger partial charge in [-0.3, -0.25) is 4.79 Å². The Balaban J connectivity index is 2.26. The molecule has 0 aromatic heterocycles. The van der Waals surface area contributed by atoms with Crippen molar-refractivity contribution in [3.63, 3.8) is 0 Å². The second kappa shape index (κ2) is 4.57. The highest BCUT2D eigenvalue weighted by Crippen LogP contribution is 2.31. The molecule has 16 heavy (non-hydrogen) atoms. The first-order valence-corrected chi connectivity index (χ1v) is 6.10. The molecule has 1 atom stereocenters. The number of carbonyl (C=O) groups is 1. The van der Waals surface area contributed by atoms with Crippen molar-refractivity contribution >= 4 is 22.7 Å². The molecule has 0 aliphatic carbocycles. The topological polar surface area (TPSA) is 64.7 Å². The van der Waals surface area contributed by atoms with Crippen LogP contribution in [0.1, 0.15) is 28.4 Å². The maximum absolute atomic E-state index is 11.3. The van der Waals surface area contributed by atoms with Crippen molar-refractivity contribution in [3.8, 4) is 0 Å². The van der Waals surface area contributed by atoms with E-state index < -0.39 is 5.91 Å². The van der Waals surface area contributed by atoms with E-state index in [1.54, 1.807) is 23.9 Å². The normalized spacial score (nSPS) is 19.1. The van der Waals surface area contributed by atoms with E-state index in [1.807, 2.05) is 18.4 Å². The molecule has 1 aliphatic heterocycles. The van der Waals surface area contributed by atoms with Crippen molar-refractivity contribution < 1.29 is 9.63 Å². The highest BCUT2D eigenvalue weighted by molar-refractivity contribution is 8.13. The number of amides is 1. The van der Waals surface area contributed by atoms with E-state index in [4.69, 9.17) is 10.6 Å². The molecule has 2 N–H and O–H groups in total. The Kier molecular flexibility index (Phi) is 3.14. The van der Waals surface area contributed by atoms with Gasteiger partial charge in [-0.05, 0) is 12.3 Å². The third-order valence-electron chi connectivity index (χ3n) is 2.45. The second-order valence-corrected chi connectivity index (χ2v) is 4.32. The van der Waals surface area contributed by atoms with Crippen LogP contribution in [-0.2, 0) is 4.84 Å². The summed E-state index contributed by atoms with van der Waals surface area (Å²) < 4.78 is 0. The number of primary amides is 1. The van der Waals surface area contributed by atoms with Gasteiger partial charge in [-0.15, -0.1) is 11.8 Å². The molecule has 0 saturated heterocycles. The molecule has 0 fully saturated rings. The maximum Gasteiger partial charge on any atom is 0.249 e. The first kappa shape index (κ1) is 11.0. The molecular weight excluding hydrogens is 224 g/mol. The molecule has 1 aliphatic rings. The van der Waals surface area contributed by atoms with E-state index in [0.29, 0.717) is 12.0 Å². The standard InChI is InChI=1S/C11H12N2O2S/c1-16-10-6-9(15-13-10)7-4-2-3-5-8(7)11(12)14/h2-5,9H,6H2,1H3,(H2,12,14). The van der Waals surface area contributed by atoms with Gasteiger partial charge in [0.2, 0.25) is 5.91 Å². The summed E-state index contributed by atoms with van der Waals surface area (Å²) in [4.78, 5) is 16.5. The predicted molar refractivity (Wildman–Crippen MR) is 64.4 cm³/mol. The lowest BCUT2D eigenvalue weighted by Gasteiger charge is -2.11. The summed E-state index contributed by atoms with van der Waals surface area (Å²) >= 11 is 1.55. The van der Waals surface area contributed by atoms with Gasteiger partial charge in [0.1, 0.15) is 5.04 Å². The van der Waals surface area contributed by atoms with Gasteiger partial charge in [0.15, 0.2) is 6.10 Å². The minimum Gasteiger partial charge on any atom is -0.386 e. The molecule has 84 valence electrons. The summed E-state index contributed by atoms with van der Waals surface area (Å²) in [6, 6.07) is 7.21. The molecule has 0 bridgehead atoms. The van der Waals surface area contributed by atoms with Crippen molar-refractivity contribution in [2.24, 2.45) is 10.9 Å². The van der Waals surface area contributed by atoms with Gasteiger partial charge in [-0.2, -0.15) is 0 Å². The number of hydrogen-bond donors (Lipinski definition) is 1. The number of nitrogens with two attached hydrogens (primary N) is 1. The number of rotatable bonds is 2. The molecule has 1 amide bonds. The van der Waals surface area contributed by atoms with E-state index in [-0.39, 0.29) is 6.10 Å². The predicted octanol–water partition coefficient (Wildman–Crippen LogP) is 1.92. The number of oxime groups is 1. The second-order valence-electron chi connectivity index (χ2n) is 3.44. The SMILES string of the molecule is CSC1=NOC(c2ccccc2C(N)=O)C1. The molecule has 2 rings (SSSR count). The third kappa shape index (κ3) is 2.04. The van der Waals surface area contributed by atoms with E-state index in [1.165, 1.54) is 0 Å². The highest BCUT2D eigenvalue weighted by atomic mass is 32.2. The fraction of sp³-hybridized carbons (Fsp3) is 0.273. The lowest BCUT2D eigenvalue weighted by atomic mass is 10.0. The highest BCUT2D eigenvalue weighted by Gasteiger charge is 2.25. The zero-order valence-electron chi connectivity index (χ0n) is 8.84. The van der Waals surface area contributed by atoms with Crippen LogP contribution in [0.25, 0.3) is 0 Å². The van der Waals surface area contributed by atoms with E-state index >= 15 is 0 Å². The summed E-state index contributed by atoms with van der Waals surface area (Å²) in [6.45, 7) is 0. The molecule has 5 heteroatoms. The summed E-state index contributed by atoms with van der Waals surface area (Å²) in [7, 11) is 0. The van der Waals surface area contributed by atoms with Crippen LogP contribution in [0.2, 0.25) is 0 Å². The summed E-state index contributed by atoms with van der Waals surface area (Å²) in [5.74, 6) is -0.434. The Hall–Kier alpha value is -1.49. The summed E-state index contributed by atoms with van der Waals surface area (Å²) in [5.41, 5.74) is 6.63. The molecular formula is C11H12N2O2S. The van der Waals surface area contributed by atoms with Gasteiger partial charge >= 0.3 is 0 Å². The van der Waals surface area contributed by atoms with E-state index in [9.17, 15) is 4.79 Å². The fourth-order valence-electron chi connectivity index (χ4n) is 1.65. The maximum atomic E-state index is 11.3. The molecule has 1 aromatic rings. The molecule has 0 spiro atoms. The first-order chi connectivity index (χ1) is 7.72. The molecule has 0 saturated carbocycles. The summed E-state index contributed by atoms with van der Waals surface area (Å²) in [6.07, 6.45) is 2.46. The Labute approximate surface area is 97.8 Å². The monoisotopic (exact) mass is 236 g/mol. The Morgan fingerprint density at radius 1 is 1.56 bits per heavy atom. The van der Waals surface area contributed by atoms with Crippen molar-refractivity contribution in [2.75, 3.05) is 6.26 Å². The summed E-state index contributed by atoms with van der Waals surface area (Å²) in [5, 5.41) is 4.87.